The molecule has 1 aliphatic rings. The van der Waals surface area contributed by atoms with Crippen molar-refractivity contribution in [1.29, 1.82) is 0 Å². The summed E-state index contributed by atoms with van der Waals surface area (Å²) in [5.74, 6) is 2.18. The molecule has 1 atom stereocenters. The van der Waals surface area contributed by atoms with Crippen molar-refractivity contribution in [1.82, 2.24) is 24.7 Å². The number of nitrogens with zero attached hydrogens (tertiary/aromatic N) is 5. The second-order valence-corrected chi connectivity index (χ2v) is 6.03. The fourth-order valence-corrected chi connectivity index (χ4v) is 3.05. The Bertz CT molecular complexity index is 1020. The maximum atomic E-state index is 5.38. The van der Waals surface area contributed by atoms with Gasteiger partial charge in [0.2, 0.25) is 11.7 Å². The largest absolute Gasteiger partial charge is 0.381 e. The molecule has 1 unspecified atom stereocenters. The van der Waals surface area contributed by atoms with Gasteiger partial charge in [0, 0.05) is 18.4 Å². The van der Waals surface area contributed by atoms with Crippen LogP contribution < -0.4 is 0 Å². The predicted molar refractivity (Wildman–Crippen MR) is 90.3 cm³/mol. The molecule has 0 bridgehead atoms. The first-order chi connectivity index (χ1) is 12.4. The first-order valence-electron chi connectivity index (χ1n) is 8.19. The minimum atomic E-state index is 0.200. The van der Waals surface area contributed by atoms with E-state index in [4.69, 9.17) is 9.26 Å². The van der Waals surface area contributed by atoms with Crippen LogP contribution in [0, 0.1) is 0 Å². The summed E-state index contributed by atoms with van der Waals surface area (Å²) in [6.45, 7) is 1.39. The number of aromatic nitrogens is 5. The SMILES string of the molecule is c1ccc2c(c1)ncn2-c1ccc(-c2noc(C3CCOC3)n2)cn1. The van der Waals surface area contributed by atoms with E-state index in [-0.39, 0.29) is 5.92 Å². The topological polar surface area (TPSA) is 78.9 Å². The molecule has 1 aromatic carbocycles. The van der Waals surface area contributed by atoms with Gasteiger partial charge >= 0.3 is 0 Å². The molecule has 0 radical (unpaired) electrons. The smallest absolute Gasteiger partial charge is 0.232 e. The van der Waals surface area contributed by atoms with Crippen LogP contribution in [0.3, 0.4) is 0 Å². The summed E-state index contributed by atoms with van der Waals surface area (Å²) in [4.78, 5) is 13.4. The number of ether oxygens (including phenoxy) is 1. The number of hydrogen-bond acceptors (Lipinski definition) is 6. The standard InChI is InChI=1S/C18H15N5O2/c1-2-4-15-14(3-1)20-11-23(15)16-6-5-12(9-19-16)17-21-18(25-22-17)13-7-8-24-10-13/h1-6,9,11,13H,7-8,10H2. The van der Waals surface area contributed by atoms with Crippen molar-refractivity contribution in [3.63, 3.8) is 0 Å². The Morgan fingerprint density at radius 1 is 1.08 bits per heavy atom. The van der Waals surface area contributed by atoms with Crippen LogP contribution in [-0.4, -0.2) is 37.9 Å². The Morgan fingerprint density at radius 3 is 2.88 bits per heavy atom. The van der Waals surface area contributed by atoms with Crippen LogP contribution in [0.25, 0.3) is 28.2 Å². The van der Waals surface area contributed by atoms with Gasteiger partial charge < -0.3 is 9.26 Å². The van der Waals surface area contributed by atoms with Gasteiger partial charge in [-0.25, -0.2) is 9.97 Å². The van der Waals surface area contributed by atoms with Crippen molar-refractivity contribution in [2.75, 3.05) is 13.2 Å². The maximum Gasteiger partial charge on any atom is 0.232 e. The molecule has 1 aliphatic heterocycles. The van der Waals surface area contributed by atoms with E-state index in [2.05, 4.69) is 20.1 Å². The molecule has 4 heterocycles. The predicted octanol–water partition coefficient (Wildman–Crippen LogP) is 2.97. The number of para-hydroxylation sites is 2. The molecule has 0 aliphatic carbocycles. The lowest BCUT2D eigenvalue weighted by Crippen LogP contribution is -1.98. The van der Waals surface area contributed by atoms with Crippen LogP contribution in [0.2, 0.25) is 0 Å². The molecule has 25 heavy (non-hydrogen) atoms. The number of benzene rings is 1. The van der Waals surface area contributed by atoms with Crippen LogP contribution in [0.1, 0.15) is 18.2 Å². The van der Waals surface area contributed by atoms with Crippen molar-refractivity contribution in [3.8, 4) is 17.2 Å². The summed E-state index contributed by atoms with van der Waals surface area (Å²) in [7, 11) is 0. The molecule has 7 heteroatoms. The van der Waals surface area contributed by atoms with Crippen LogP contribution >= 0.6 is 0 Å². The summed E-state index contributed by atoms with van der Waals surface area (Å²) in [5.41, 5.74) is 2.78. The third-order valence-corrected chi connectivity index (χ3v) is 4.43. The molecule has 0 amide bonds. The van der Waals surface area contributed by atoms with Crippen molar-refractivity contribution >= 4 is 11.0 Å². The number of hydrogen-bond donors (Lipinski definition) is 0. The molecule has 0 spiro atoms. The summed E-state index contributed by atoms with van der Waals surface area (Å²) in [6, 6.07) is 11.8. The second kappa shape index (κ2) is 5.78. The van der Waals surface area contributed by atoms with Gasteiger partial charge in [-0.15, -0.1) is 0 Å². The number of imidazole rings is 1. The lowest BCUT2D eigenvalue weighted by molar-refractivity contribution is 0.189. The molecule has 5 rings (SSSR count). The highest BCUT2D eigenvalue weighted by molar-refractivity contribution is 5.76. The molecule has 0 N–H and O–H groups in total. The summed E-state index contributed by atoms with van der Waals surface area (Å²) < 4.78 is 12.7. The lowest BCUT2D eigenvalue weighted by atomic mass is 10.1. The highest BCUT2D eigenvalue weighted by Crippen LogP contribution is 2.26. The Morgan fingerprint density at radius 2 is 2.04 bits per heavy atom. The Balaban J connectivity index is 1.45. The molecule has 1 saturated heterocycles. The first-order valence-corrected chi connectivity index (χ1v) is 8.19. The van der Waals surface area contributed by atoms with Crippen molar-refractivity contribution in [2.24, 2.45) is 0 Å². The minimum Gasteiger partial charge on any atom is -0.381 e. The van der Waals surface area contributed by atoms with E-state index in [1.54, 1.807) is 12.5 Å². The van der Waals surface area contributed by atoms with Gasteiger partial charge in [-0.2, -0.15) is 4.98 Å². The van der Waals surface area contributed by atoms with Gasteiger partial charge in [0.25, 0.3) is 0 Å². The monoisotopic (exact) mass is 333 g/mol. The Labute approximate surface area is 143 Å². The number of pyridine rings is 1. The zero-order valence-electron chi connectivity index (χ0n) is 13.4. The first kappa shape index (κ1) is 14.3. The molecule has 4 aromatic rings. The fraction of sp³-hybridized carbons (Fsp3) is 0.222. The van der Waals surface area contributed by atoms with Gasteiger partial charge in [-0.05, 0) is 30.7 Å². The maximum absolute atomic E-state index is 5.38. The van der Waals surface area contributed by atoms with Crippen LogP contribution in [0.5, 0.6) is 0 Å². The molecule has 124 valence electrons. The zero-order chi connectivity index (χ0) is 16.6. The average molecular weight is 333 g/mol. The van der Waals surface area contributed by atoms with Gasteiger partial charge in [-0.1, -0.05) is 17.3 Å². The quantitative estimate of drug-likeness (QED) is 0.573. The summed E-state index contributed by atoms with van der Waals surface area (Å²) >= 11 is 0. The Kier molecular flexibility index (Phi) is 3.31. The van der Waals surface area contributed by atoms with Crippen molar-refractivity contribution < 1.29 is 9.26 Å². The molecule has 3 aromatic heterocycles. The van der Waals surface area contributed by atoms with Crippen LogP contribution in [0.15, 0.2) is 53.4 Å². The van der Waals surface area contributed by atoms with Gasteiger partial charge in [-0.3, -0.25) is 4.57 Å². The van der Waals surface area contributed by atoms with Gasteiger partial charge in [0.15, 0.2) is 0 Å². The van der Waals surface area contributed by atoms with E-state index in [0.29, 0.717) is 18.3 Å². The highest BCUT2D eigenvalue weighted by Gasteiger charge is 2.24. The van der Waals surface area contributed by atoms with E-state index in [9.17, 15) is 0 Å². The normalized spacial score (nSPS) is 17.4. The minimum absolute atomic E-state index is 0.200. The number of rotatable bonds is 3. The fourth-order valence-electron chi connectivity index (χ4n) is 3.05. The van der Waals surface area contributed by atoms with E-state index in [1.807, 2.05) is 41.0 Å². The zero-order valence-corrected chi connectivity index (χ0v) is 13.4. The Hall–Kier alpha value is -3.06. The van der Waals surface area contributed by atoms with Crippen molar-refractivity contribution in [2.45, 2.75) is 12.3 Å². The molecule has 1 fully saturated rings. The third-order valence-electron chi connectivity index (χ3n) is 4.43. The van der Waals surface area contributed by atoms with Gasteiger partial charge in [0.1, 0.15) is 12.1 Å². The highest BCUT2D eigenvalue weighted by atomic mass is 16.5. The van der Waals surface area contributed by atoms with Crippen LogP contribution in [0.4, 0.5) is 0 Å². The molecular formula is C18H15N5O2. The van der Waals surface area contributed by atoms with E-state index in [1.165, 1.54) is 0 Å². The third kappa shape index (κ3) is 2.49. The molecule has 0 saturated carbocycles. The molecular weight excluding hydrogens is 318 g/mol. The van der Waals surface area contributed by atoms with E-state index in [0.717, 1.165) is 35.4 Å². The summed E-state index contributed by atoms with van der Waals surface area (Å²) in [6.07, 6.45) is 4.45. The lowest BCUT2D eigenvalue weighted by Gasteiger charge is -2.03. The second-order valence-electron chi connectivity index (χ2n) is 6.03. The number of fused-ring (bicyclic) bond motifs is 1. The summed E-state index contributed by atoms with van der Waals surface area (Å²) in [5, 5.41) is 4.07. The van der Waals surface area contributed by atoms with Gasteiger partial charge in [0.05, 0.1) is 23.6 Å². The van der Waals surface area contributed by atoms with E-state index < -0.39 is 0 Å². The average Bonchev–Trinajstić information content (AvgIpc) is 3.40. The van der Waals surface area contributed by atoms with Crippen molar-refractivity contribution in [3.05, 3.63) is 54.8 Å². The molecule has 7 nitrogen and oxygen atoms in total. The van der Waals surface area contributed by atoms with Crippen LogP contribution in [-0.2, 0) is 4.74 Å². The van der Waals surface area contributed by atoms with E-state index >= 15 is 0 Å².